The Kier molecular flexibility index (Phi) is 4.58. The van der Waals surface area contributed by atoms with Crippen molar-refractivity contribution < 1.29 is 4.79 Å². The van der Waals surface area contributed by atoms with E-state index in [9.17, 15) is 4.79 Å². The van der Waals surface area contributed by atoms with Crippen molar-refractivity contribution in [1.82, 2.24) is 4.98 Å². The van der Waals surface area contributed by atoms with Gasteiger partial charge in [0.25, 0.3) is 0 Å². The number of benzene rings is 1. The molecule has 0 spiro atoms. The number of nitrogens with zero attached hydrogens (tertiary/aromatic N) is 1. The second-order valence-electron chi connectivity index (χ2n) is 3.62. The minimum Gasteiger partial charge on any atom is -0.324 e. The van der Waals surface area contributed by atoms with Crippen LogP contribution in [0.2, 0.25) is 10.0 Å². The highest BCUT2D eigenvalue weighted by Gasteiger charge is 2.09. The molecule has 0 unspecified atom stereocenters. The van der Waals surface area contributed by atoms with Gasteiger partial charge in [-0.3, -0.25) is 4.79 Å². The number of halogens is 2. The predicted molar refractivity (Wildman–Crippen MR) is 75.5 cm³/mol. The van der Waals surface area contributed by atoms with Gasteiger partial charge in [-0.1, -0.05) is 29.3 Å². The van der Waals surface area contributed by atoms with Gasteiger partial charge in [-0.25, -0.2) is 4.98 Å². The Morgan fingerprint density at radius 1 is 1.33 bits per heavy atom. The van der Waals surface area contributed by atoms with Crippen molar-refractivity contribution in [2.24, 2.45) is 0 Å². The van der Waals surface area contributed by atoms with E-state index in [4.69, 9.17) is 23.2 Å². The number of anilines is 1. The lowest BCUT2D eigenvalue weighted by molar-refractivity contribution is -0.116. The van der Waals surface area contributed by atoms with Crippen LogP contribution in [0.15, 0.2) is 29.1 Å². The first-order chi connectivity index (χ1) is 8.66. The Morgan fingerprint density at radius 2 is 2.06 bits per heavy atom. The number of carbonyl (C=O) groups is 1. The summed E-state index contributed by atoms with van der Waals surface area (Å²) >= 11 is 13.4. The monoisotopic (exact) mass is 300 g/mol. The molecule has 1 N–H and O–H groups in total. The topological polar surface area (TPSA) is 42.0 Å². The predicted octanol–water partition coefficient (Wildman–Crippen LogP) is 4.02. The Balaban J connectivity index is 1.95. The molecule has 0 atom stereocenters. The molecule has 1 aromatic carbocycles. The number of amides is 1. The lowest BCUT2D eigenvalue weighted by atomic mass is 10.2. The molecule has 3 nitrogen and oxygen atoms in total. The van der Waals surface area contributed by atoms with Crippen LogP contribution in [0, 0.1) is 0 Å². The van der Waals surface area contributed by atoms with Crippen LogP contribution in [0.1, 0.15) is 12.1 Å². The van der Waals surface area contributed by atoms with Crippen LogP contribution >= 0.6 is 34.5 Å². The van der Waals surface area contributed by atoms with Crippen molar-refractivity contribution in [1.29, 1.82) is 0 Å². The molecule has 1 aromatic heterocycles. The summed E-state index contributed by atoms with van der Waals surface area (Å²) in [5.41, 5.74) is 3.13. The molecule has 18 heavy (non-hydrogen) atoms. The lowest BCUT2D eigenvalue weighted by Crippen LogP contribution is -2.13. The standard InChI is InChI=1S/C12H10Cl2N2OS/c13-9-2-1-3-10(14)12(9)16-11(17)5-4-8-6-18-7-15-8/h1-3,6-7H,4-5H2,(H,16,17). The molecular formula is C12H10Cl2N2OS. The maximum Gasteiger partial charge on any atom is 0.224 e. The van der Waals surface area contributed by atoms with Crippen LogP contribution in [0.25, 0.3) is 0 Å². The van der Waals surface area contributed by atoms with E-state index in [-0.39, 0.29) is 5.91 Å². The average Bonchev–Trinajstić information content (AvgIpc) is 2.84. The minimum absolute atomic E-state index is 0.127. The number of hydrogen-bond donors (Lipinski definition) is 1. The summed E-state index contributed by atoms with van der Waals surface area (Å²) in [6.45, 7) is 0. The van der Waals surface area contributed by atoms with E-state index in [1.807, 2.05) is 5.38 Å². The normalized spacial score (nSPS) is 10.3. The number of aryl methyl sites for hydroxylation is 1. The van der Waals surface area contributed by atoms with E-state index in [2.05, 4.69) is 10.3 Å². The molecule has 0 saturated heterocycles. The molecule has 0 aliphatic carbocycles. The molecule has 2 rings (SSSR count). The molecule has 0 radical (unpaired) electrons. The van der Waals surface area contributed by atoms with Gasteiger partial charge >= 0.3 is 0 Å². The zero-order valence-electron chi connectivity index (χ0n) is 9.32. The Labute approximate surface area is 119 Å². The SMILES string of the molecule is O=C(CCc1cscn1)Nc1c(Cl)cccc1Cl. The van der Waals surface area contributed by atoms with Crippen LogP contribution in [-0.2, 0) is 11.2 Å². The van der Waals surface area contributed by atoms with E-state index in [0.717, 1.165) is 5.69 Å². The summed E-state index contributed by atoms with van der Waals surface area (Å²) in [5, 5.41) is 5.51. The average molecular weight is 301 g/mol. The summed E-state index contributed by atoms with van der Waals surface area (Å²) in [4.78, 5) is 15.9. The Hall–Kier alpha value is -1.10. The minimum atomic E-state index is -0.127. The molecule has 6 heteroatoms. The van der Waals surface area contributed by atoms with Gasteiger partial charge in [0.2, 0.25) is 5.91 Å². The van der Waals surface area contributed by atoms with Gasteiger partial charge in [0.1, 0.15) is 0 Å². The second kappa shape index (κ2) is 6.18. The number of nitrogens with one attached hydrogen (secondary N) is 1. The first kappa shape index (κ1) is 13.3. The highest BCUT2D eigenvalue weighted by Crippen LogP contribution is 2.29. The van der Waals surface area contributed by atoms with E-state index in [1.165, 1.54) is 11.3 Å². The van der Waals surface area contributed by atoms with Crippen molar-refractivity contribution in [2.75, 3.05) is 5.32 Å². The fourth-order valence-corrected chi connectivity index (χ4v) is 2.51. The molecule has 1 heterocycles. The third-order valence-electron chi connectivity index (χ3n) is 2.32. The fourth-order valence-electron chi connectivity index (χ4n) is 1.42. The third kappa shape index (κ3) is 3.45. The first-order valence-electron chi connectivity index (χ1n) is 5.28. The van der Waals surface area contributed by atoms with Gasteiger partial charge in [0, 0.05) is 11.8 Å². The Morgan fingerprint density at radius 3 is 2.67 bits per heavy atom. The first-order valence-corrected chi connectivity index (χ1v) is 6.97. The van der Waals surface area contributed by atoms with Gasteiger partial charge in [-0.05, 0) is 18.6 Å². The summed E-state index contributed by atoms with van der Waals surface area (Å²) in [5.74, 6) is -0.127. The number of aromatic nitrogens is 1. The summed E-state index contributed by atoms with van der Waals surface area (Å²) in [6.07, 6.45) is 0.961. The van der Waals surface area contributed by atoms with Crippen molar-refractivity contribution in [3.63, 3.8) is 0 Å². The fraction of sp³-hybridized carbons (Fsp3) is 0.167. The quantitative estimate of drug-likeness (QED) is 0.926. The second-order valence-corrected chi connectivity index (χ2v) is 5.16. The van der Waals surface area contributed by atoms with E-state index >= 15 is 0 Å². The maximum atomic E-state index is 11.8. The van der Waals surface area contributed by atoms with Crippen LogP contribution in [0.3, 0.4) is 0 Å². The van der Waals surface area contributed by atoms with Gasteiger partial charge in [0.15, 0.2) is 0 Å². The number of hydrogen-bond acceptors (Lipinski definition) is 3. The van der Waals surface area contributed by atoms with Crippen LogP contribution in [0.4, 0.5) is 5.69 Å². The van der Waals surface area contributed by atoms with Crippen LogP contribution < -0.4 is 5.32 Å². The number of rotatable bonds is 4. The molecule has 94 valence electrons. The van der Waals surface area contributed by atoms with Crippen molar-refractivity contribution in [3.05, 3.63) is 44.8 Å². The Bertz CT molecular complexity index is 523. The maximum absolute atomic E-state index is 11.8. The summed E-state index contributed by atoms with van der Waals surface area (Å²) < 4.78 is 0. The van der Waals surface area contributed by atoms with E-state index < -0.39 is 0 Å². The molecule has 0 aliphatic rings. The third-order valence-corrected chi connectivity index (χ3v) is 3.58. The van der Waals surface area contributed by atoms with Crippen molar-refractivity contribution in [2.45, 2.75) is 12.8 Å². The largest absolute Gasteiger partial charge is 0.324 e. The highest BCUT2D eigenvalue weighted by atomic mass is 35.5. The van der Waals surface area contributed by atoms with Crippen LogP contribution in [-0.4, -0.2) is 10.9 Å². The summed E-state index contributed by atoms with van der Waals surface area (Å²) in [6, 6.07) is 5.10. The van der Waals surface area contributed by atoms with E-state index in [1.54, 1.807) is 23.7 Å². The van der Waals surface area contributed by atoms with Gasteiger partial charge in [-0.2, -0.15) is 0 Å². The van der Waals surface area contributed by atoms with Crippen molar-refractivity contribution in [3.8, 4) is 0 Å². The van der Waals surface area contributed by atoms with Crippen molar-refractivity contribution >= 4 is 46.1 Å². The molecular weight excluding hydrogens is 291 g/mol. The molecule has 0 saturated carbocycles. The van der Waals surface area contributed by atoms with Gasteiger partial charge < -0.3 is 5.32 Å². The van der Waals surface area contributed by atoms with E-state index in [0.29, 0.717) is 28.6 Å². The number of para-hydroxylation sites is 1. The highest BCUT2D eigenvalue weighted by molar-refractivity contribution is 7.07. The summed E-state index contributed by atoms with van der Waals surface area (Å²) in [7, 11) is 0. The molecule has 0 aliphatic heterocycles. The molecule has 0 bridgehead atoms. The zero-order valence-corrected chi connectivity index (χ0v) is 11.6. The van der Waals surface area contributed by atoms with Gasteiger partial charge in [0.05, 0.1) is 26.9 Å². The molecule has 0 fully saturated rings. The smallest absolute Gasteiger partial charge is 0.224 e. The van der Waals surface area contributed by atoms with Crippen LogP contribution in [0.5, 0.6) is 0 Å². The number of carbonyl (C=O) groups excluding carboxylic acids is 1. The van der Waals surface area contributed by atoms with Gasteiger partial charge in [-0.15, -0.1) is 11.3 Å². The number of thiazole rings is 1. The molecule has 2 aromatic rings. The molecule has 1 amide bonds. The zero-order chi connectivity index (χ0) is 13.0. The lowest BCUT2D eigenvalue weighted by Gasteiger charge is -2.08.